The van der Waals surface area contributed by atoms with Crippen molar-refractivity contribution in [1.82, 2.24) is 0 Å². The molecule has 19 heavy (non-hydrogen) atoms. The lowest BCUT2D eigenvalue weighted by atomic mass is 10.0. The van der Waals surface area contributed by atoms with Crippen molar-refractivity contribution in [2.24, 2.45) is 0 Å². The Kier molecular flexibility index (Phi) is 4.60. The summed E-state index contributed by atoms with van der Waals surface area (Å²) in [5.41, 5.74) is 1.48. The highest BCUT2D eigenvalue weighted by atomic mass is 16.5. The standard InChI is InChI=1S/C15H18O4/c1-11-12(7-8-18-11)15(16)13-5-3-4-6-14(13)19-10-9-17-2/h3-8,15-16H,9-10H2,1-2H3. The first kappa shape index (κ1) is 13.6. The first-order valence-electron chi connectivity index (χ1n) is 6.16. The van der Waals surface area contributed by atoms with E-state index in [1.807, 2.05) is 31.2 Å². The molecule has 0 fully saturated rings. The summed E-state index contributed by atoms with van der Waals surface area (Å²) in [6, 6.07) is 9.20. The third-order valence-corrected chi connectivity index (χ3v) is 2.95. The minimum absolute atomic E-state index is 0.449. The molecule has 1 aromatic heterocycles. The topological polar surface area (TPSA) is 51.8 Å². The Hall–Kier alpha value is -1.78. The van der Waals surface area contributed by atoms with Gasteiger partial charge < -0.3 is 19.0 Å². The van der Waals surface area contributed by atoms with Gasteiger partial charge in [-0.25, -0.2) is 0 Å². The van der Waals surface area contributed by atoms with Gasteiger partial charge in [0.25, 0.3) is 0 Å². The summed E-state index contributed by atoms with van der Waals surface area (Å²) in [6.07, 6.45) is 0.819. The number of benzene rings is 1. The molecule has 1 unspecified atom stereocenters. The molecule has 0 amide bonds. The Balaban J connectivity index is 2.21. The number of ether oxygens (including phenoxy) is 2. The highest BCUT2D eigenvalue weighted by molar-refractivity contribution is 5.40. The number of rotatable bonds is 6. The Morgan fingerprint density at radius 3 is 2.63 bits per heavy atom. The molecular formula is C15H18O4. The molecule has 2 rings (SSSR count). The summed E-state index contributed by atoms with van der Waals surface area (Å²) in [6.45, 7) is 2.78. The normalized spacial score (nSPS) is 12.4. The molecule has 0 aliphatic heterocycles. The number of aryl methyl sites for hydroxylation is 1. The van der Waals surface area contributed by atoms with Crippen LogP contribution in [-0.4, -0.2) is 25.4 Å². The second kappa shape index (κ2) is 6.41. The van der Waals surface area contributed by atoms with Crippen molar-refractivity contribution in [3.8, 4) is 5.75 Å². The summed E-state index contributed by atoms with van der Waals surface area (Å²) in [7, 11) is 1.62. The van der Waals surface area contributed by atoms with E-state index >= 15 is 0 Å². The molecule has 4 nitrogen and oxygen atoms in total. The van der Waals surface area contributed by atoms with E-state index in [1.54, 1.807) is 19.4 Å². The molecule has 0 aliphatic rings. The zero-order chi connectivity index (χ0) is 13.7. The van der Waals surface area contributed by atoms with Crippen LogP contribution in [0.3, 0.4) is 0 Å². The average molecular weight is 262 g/mol. The fourth-order valence-electron chi connectivity index (χ4n) is 1.92. The van der Waals surface area contributed by atoms with Crippen molar-refractivity contribution in [3.63, 3.8) is 0 Å². The van der Waals surface area contributed by atoms with E-state index in [1.165, 1.54) is 0 Å². The van der Waals surface area contributed by atoms with E-state index in [9.17, 15) is 5.11 Å². The second-order valence-electron chi connectivity index (χ2n) is 4.21. The van der Waals surface area contributed by atoms with E-state index in [2.05, 4.69) is 0 Å². The number of furan rings is 1. The minimum atomic E-state index is -0.752. The van der Waals surface area contributed by atoms with Crippen molar-refractivity contribution in [2.75, 3.05) is 20.3 Å². The molecule has 102 valence electrons. The number of aliphatic hydroxyl groups is 1. The predicted molar refractivity (Wildman–Crippen MR) is 71.3 cm³/mol. The number of methoxy groups -OCH3 is 1. The Morgan fingerprint density at radius 2 is 1.95 bits per heavy atom. The molecule has 0 radical (unpaired) electrons. The number of para-hydroxylation sites is 1. The van der Waals surface area contributed by atoms with Gasteiger partial charge in [-0.15, -0.1) is 0 Å². The van der Waals surface area contributed by atoms with Crippen LogP contribution in [0.15, 0.2) is 41.0 Å². The van der Waals surface area contributed by atoms with Gasteiger partial charge in [-0.2, -0.15) is 0 Å². The Bertz CT molecular complexity index is 518. The van der Waals surface area contributed by atoms with Crippen LogP contribution in [0.5, 0.6) is 5.75 Å². The fraction of sp³-hybridized carbons (Fsp3) is 0.333. The summed E-state index contributed by atoms with van der Waals surface area (Å²) in [5, 5.41) is 10.4. The van der Waals surface area contributed by atoms with Gasteiger partial charge in [-0.3, -0.25) is 0 Å². The third-order valence-electron chi connectivity index (χ3n) is 2.95. The molecule has 1 N–H and O–H groups in total. The Labute approximate surface area is 112 Å². The van der Waals surface area contributed by atoms with Crippen LogP contribution in [0.4, 0.5) is 0 Å². The highest BCUT2D eigenvalue weighted by Crippen LogP contribution is 2.31. The van der Waals surface area contributed by atoms with Gasteiger partial charge in [0.2, 0.25) is 0 Å². The molecule has 1 atom stereocenters. The second-order valence-corrected chi connectivity index (χ2v) is 4.21. The zero-order valence-corrected chi connectivity index (χ0v) is 11.1. The quantitative estimate of drug-likeness (QED) is 0.813. The lowest BCUT2D eigenvalue weighted by Gasteiger charge is -2.15. The lowest BCUT2D eigenvalue weighted by molar-refractivity contribution is 0.142. The zero-order valence-electron chi connectivity index (χ0n) is 11.1. The molecule has 0 spiro atoms. The maximum atomic E-state index is 10.4. The molecule has 1 heterocycles. The SMILES string of the molecule is COCCOc1ccccc1C(O)c1ccoc1C. The summed E-state index contributed by atoms with van der Waals surface area (Å²) in [4.78, 5) is 0. The summed E-state index contributed by atoms with van der Waals surface area (Å²) in [5.74, 6) is 1.37. The number of aliphatic hydroxyl groups excluding tert-OH is 1. The first-order valence-corrected chi connectivity index (χ1v) is 6.16. The first-order chi connectivity index (χ1) is 9.24. The summed E-state index contributed by atoms with van der Waals surface area (Å²) < 4.78 is 15.8. The molecule has 0 aliphatic carbocycles. The van der Waals surface area contributed by atoms with Gasteiger partial charge in [0.1, 0.15) is 24.2 Å². The maximum absolute atomic E-state index is 10.4. The number of hydrogen-bond acceptors (Lipinski definition) is 4. The van der Waals surface area contributed by atoms with Crippen LogP contribution < -0.4 is 4.74 Å². The number of hydrogen-bond donors (Lipinski definition) is 1. The Morgan fingerprint density at radius 1 is 1.16 bits per heavy atom. The van der Waals surface area contributed by atoms with E-state index in [-0.39, 0.29) is 0 Å². The van der Waals surface area contributed by atoms with E-state index in [0.29, 0.717) is 24.7 Å². The van der Waals surface area contributed by atoms with Crippen molar-refractivity contribution >= 4 is 0 Å². The van der Waals surface area contributed by atoms with Crippen molar-refractivity contribution < 1.29 is 19.0 Å². The van der Waals surface area contributed by atoms with E-state index in [4.69, 9.17) is 13.9 Å². The van der Waals surface area contributed by atoms with Crippen molar-refractivity contribution in [3.05, 3.63) is 53.5 Å². The average Bonchev–Trinajstić information content (AvgIpc) is 2.85. The van der Waals surface area contributed by atoms with Gasteiger partial charge >= 0.3 is 0 Å². The predicted octanol–water partition coefficient (Wildman–Crippen LogP) is 2.69. The van der Waals surface area contributed by atoms with E-state index in [0.717, 1.165) is 11.1 Å². The molecule has 1 aromatic carbocycles. The van der Waals surface area contributed by atoms with Gasteiger partial charge in [0.05, 0.1) is 12.9 Å². The fourth-order valence-corrected chi connectivity index (χ4v) is 1.92. The highest BCUT2D eigenvalue weighted by Gasteiger charge is 2.18. The summed E-state index contributed by atoms with van der Waals surface area (Å²) >= 11 is 0. The van der Waals surface area contributed by atoms with Crippen LogP contribution in [0.25, 0.3) is 0 Å². The molecule has 4 heteroatoms. The van der Waals surface area contributed by atoms with E-state index < -0.39 is 6.10 Å². The lowest BCUT2D eigenvalue weighted by Crippen LogP contribution is -2.08. The van der Waals surface area contributed by atoms with Gasteiger partial charge in [0.15, 0.2) is 0 Å². The van der Waals surface area contributed by atoms with Crippen LogP contribution >= 0.6 is 0 Å². The van der Waals surface area contributed by atoms with Crippen LogP contribution in [0.1, 0.15) is 23.0 Å². The minimum Gasteiger partial charge on any atom is -0.491 e. The van der Waals surface area contributed by atoms with Crippen LogP contribution in [-0.2, 0) is 4.74 Å². The monoisotopic (exact) mass is 262 g/mol. The molecule has 0 saturated carbocycles. The maximum Gasteiger partial charge on any atom is 0.125 e. The molecule has 0 bridgehead atoms. The van der Waals surface area contributed by atoms with Crippen LogP contribution in [0.2, 0.25) is 0 Å². The molecular weight excluding hydrogens is 244 g/mol. The molecule has 0 saturated heterocycles. The largest absolute Gasteiger partial charge is 0.491 e. The van der Waals surface area contributed by atoms with Gasteiger partial charge in [-0.1, -0.05) is 18.2 Å². The third kappa shape index (κ3) is 3.16. The van der Waals surface area contributed by atoms with Crippen LogP contribution in [0, 0.1) is 6.92 Å². The molecule has 2 aromatic rings. The van der Waals surface area contributed by atoms with Gasteiger partial charge in [0, 0.05) is 18.2 Å². The van der Waals surface area contributed by atoms with Crippen molar-refractivity contribution in [2.45, 2.75) is 13.0 Å². The van der Waals surface area contributed by atoms with Gasteiger partial charge in [-0.05, 0) is 19.1 Å². The van der Waals surface area contributed by atoms with Crippen molar-refractivity contribution in [1.29, 1.82) is 0 Å². The smallest absolute Gasteiger partial charge is 0.125 e.